The van der Waals surface area contributed by atoms with Crippen LogP contribution in [0.3, 0.4) is 0 Å². The van der Waals surface area contributed by atoms with Crippen LogP contribution in [0, 0.1) is 0 Å². The predicted molar refractivity (Wildman–Crippen MR) is 71.7 cm³/mol. The minimum atomic E-state index is -0.0422. The van der Waals surface area contributed by atoms with Crippen LogP contribution < -0.4 is 5.73 Å². The van der Waals surface area contributed by atoms with Gasteiger partial charge in [0.2, 0.25) is 11.8 Å². The maximum absolute atomic E-state index is 12.1. The molecule has 1 aromatic rings. The Morgan fingerprint density at radius 1 is 1.25 bits per heavy atom. The van der Waals surface area contributed by atoms with Crippen molar-refractivity contribution in [2.45, 2.75) is 6.54 Å². The van der Waals surface area contributed by atoms with Gasteiger partial charge in [0.05, 0.1) is 0 Å². The van der Waals surface area contributed by atoms with Crippen LogP contribution in [0.2, 0.25) is 0 Å². The lowest BCUT2D eigenvalue weighted by Gasteiger charge is -2.34. The first-order valence-corrected chi connectivity index (χ1v) is 6.43. The molecule has 1 saturated heterocycles. The number of rotatable bonds is 4. The lowest BCUT2D eigenvalue weighted by molar-refractivity contribution is -0.142. The molecule has 0 aliphatic carbocycles. The third-order valence-corrected chi connectivity index (χ3v) is 3.21. The molecule has 0 bridgehead atoms. The Labute approximate surface area is 117 Å². The van der Waals surface area contributed by atoms with E-state index in [9.17, 15) is 9.59 Å². The zero-order valence-corrected chi connectivity index (χ0v) is 11.5. The number of anilines is 1. The van der Waals surface area contributed by atoms with Crippen LogP contribution in [0.5, 0.6) is 0 Å². The highest BCUT2D eigenvalue weighted by molar-refractivity contribution is 5.79. The number of nitrogens with two attached hydrogens (primary N) is 1. The summed E-state index contributed by atoms with van der Waals surface area (Å²) in [6.07, 6.45) is 1.67. The molecule has 8 nitrogen and oxygen atoms in total. The van der Waals surface area contributed by atoms with E-state index in [1.54, 1.807) is 22.1 Å². The summed E-state index contributed by atoms with van der Waals surface area (Å²) >= 11 is 0. The molecule has 0 radical (unpaired) electrons. The number of hydrogen-bond acceptors (Lipinski definition) is 5. The second-order valence-corrected chi connectivity index (χ2v) is 4.63. The van der Waals surface area contributed by atoms with Crippen LogP contribution in [0.15, 0.2) is 12.3 Å². The summed E-state index contributed by atoms with van der Waals surface area (Å²) in [5.74, 6) is 0.333. The highest BCUT2D eigenvalue weighted by Crippen LogP contribution is 2.05. The van der Waals surface area contributed by atoms with Gasteiger partial charge in [0.1, 0.15) is 19.0 Å². The highest BCUT2D eigenvalue weighted by Gasteiger charge is 2.24. The number of carbonyl (C=O) groups excluding carboxylic acids is 2. The molecule has 2 heterocycles. The van der Waals surface area contributed by atoms with E-state index >= 15 is 0 Å². The maximum atomic E-state index is 12.1. The van der Waals surface area contributed by atoms with E-state index in [1.165, 1.54) is 11.8 Å². The number of ether oxygens (including phenoxy) is 1. The third kappa shape index (κ3) is 3.47. The smallest absolute Gasteiger partial charge is 0.248 e. The molecule has 0 spiro atoms. The second-order valence-electron chi connectivity index (χ2n) is 4.63. The lowest BCUT2D eigenvalue weighted by atomic mass is 10.3. The number of piperazine rings is 1. The topological polar surface area (TPSA) is 93.7 Å². The summed E-state index contributed by atoms with van der Waals surface area (Å²) in [5, 5.41) is 3.98. The number of carbonyl (C=O) groups is 2. The van der Waals surface area contributed by atoms with Gasteiger partial charge in [0, 0.05) is 39.5 Å². The zero-order valence-electron chi connectivity index (χ0n) is 11.5. The van der Waals surface area contributed by atoms with E-state index in [0.717, 1.165) is 0 Å². The monoisotopic (exact) mass is 281 g/mol. The summed E-state index contributed by atoms with van der Waals surface area (Å²) in [6, 6.07) is 1.65. The molecule has 2 N–H and O–H groups in total. The van der Waals surface area contributed by atoms with Crippen LogP contribution in [0.1, 0.15) is 0 Å². The van der Waals surface area contributed by atoms with Gasteiger partial charge >= 0.3 is 0 Å². The van der Waals surface area contributed by atoms with Crippen molar-refractivity contribution >= 4 is 17.6 Å². The van der Waals surface area contributed by atoms with E-state index in [1.807, 2.05) is 0 Å². The molecule has 8 heteroatoms. The van der Waals surface area contributed by atoms with Crippen molar-refractivity contribution < 1.29 is 14.3 Å². The Bertz CT molecular complexity index is 479. The number of nitrogen functional groups attached to an aromatic ring is 1. The van der Waals surface area contributed by atoms with Crippen LogP contribution in [-0.2, 0) is 20.9 Å². The summed E-state index contributed by atoms with van der Waals surface area (Å²) in [4.78, 5) is 27.2. The van der Waals surface area contributed by atoms with Crippen LogP contribution in [0.25, 0.3) is 0 Å². The van der Waals surface area contributed by atoms with Gasteiger partial charge in [-0.2, -0.15) is 5.10 Å². The lowest BCUT2D eigenvalue weighted by Crippen LogP contribution is -2.52. The fourth-order valence-corrected chi connectivity index (χ4v) is 2.12. The fourth-order valence-electron chi connectivity index (χ4n) is 2.12. The highest BCUT2D eigenvalue weighted by atomic mass is 16.5. The van der Waals surface area contributed by atoms with E-state index in [0.29, 0.717) is 32.0 Å². The van der Waals surface area contributed by atoms with Gasteiger partial charge in [-0.05, 0) is 6.07 Å². The van der Waals surface area contributed by atoms with Gasteiger partial charge in [0.25, 0.3) is 0 Å². The zero-order chi connectivity index (χ0) is 14.5. The normalized spacial score (nSPS) is 15.4. The molecule has 20 heavy (non-hydrogen) atoms. The quantitative estimate of drug-likeness (QED) is 0.747. The summed E-state index contributed by atoms with van der Waals surface area (Å²) in [7, 11) is 1.49. The largest absolute Gasteiger partial charge is 0.382 e. The van der Waals surface area contributed by atoms with Gasteiger partial charge in [-0.3, -0.25) is 14.3 Å². The van der Waals surface area contributed by atoms with Crippen LogP contribution in [-0.4, -0.2) is 71.3 Å². The van der Waals surface area contributed by atoms with Gasteiger partial charge in [0.15, 0.2) is 0 Å². The Balaban J connectivity index is 1.81. The minimum absolute atomic E-state index is 0.0214. The van der Waals surface area contributed by atoms with Crippen LogP contribution in [0.4, 0.5) is 5.82 Å². The molecule has 110 valence electrons. The van der Waals surface area contributed by atoms with E-state index in [2.05, 4.69) is 5.10 Å². The average molecular weight is 281 g/mol. The molecule has 1 aliphatic rings. The average Bonchev–Trinajstić information content (AvgIpc) is 2.84. The molecular formula is C12H19N5O3. The molecule has 1 aliphatic heterocycles. The first kappa shape index (κ1) is 14.3. The second kappa shape index (κ2) is 6.38. The molecule has 1 aromatic heterocycles. The Kier molecular flexibility index (Phi) is 4.57. The molecule has 0 unspecified atom stereocenters. The molecule has 2 amide bonds. The number of amides is 2. The predicted octanol–water partition coefficient (Wildman–Crippen LogP) is -1.22. The first-order chi connectivity index (χ1) is 9.60. The van der Waals surface area contributed by atoms with Crippen molar-refractivity contribution in [1.29, 1.82) is 0 Å². The van der Waals surface area contributed by atoms with Crippen molar-refractivity contribution in [2.24, 2.45) is 0 Å². The molecular weight excluding hydrogens is 262 g/mol. The molecule has 0 aromatic carbocycles. The number of aromatic nitrogens is 2. The van der Waals surface area contributed by atoms with Crippen molar-refractivity contribution in [3.05, 3.63) is 12.3 Å². The Hall–Kier alpha value is -2.09. The number of nitrogens with zero attached hydrogens (tertiary/aromatic N) is 4. The number of methoxy groups -OCH3 is 1. The third-order valence-electron chi connectivity index (χ3n) is 3.21. The molecule has 0 atom stereocenters. The molecule has 0 saturated carbocycles. The Morgan fingerprint density at radius 3 is 2.35 bits per heavy atom. The molecule has 1 fully saturated rings. The molecule has 2 rings (SSSR count). The minimum Gasteiger partial charge on any atom is -0.382 e. The first-order valence-electron chi connectivity index (χ1n) is 6.43. The van der Waals surface area contributed by atoms with E-state index < -0.39 is 0 Å². The van der Waals surface area contributed by atoms with E-state index in [4.69, 9.17) is 10.5 Å². The van der Waals surface area contributed by atoms with Crippen molar-refractivity contribution in [1.82, 2.24) is 19.6 Å². The van der Waals surface area contributed by atoms with Gasteiger partial charge in [-0.1, -0.05) is 0 Å². The maximum Gasteiger partial charge on any atom is 0.248 e. The van der Waals surface area contributed by atoms with Gasteiger partial charge in [-0.15, -0.1) is 0 Å². The summed E-state index contributed by atoms with van der Waals surface area (Å²) < 4.78 is 6.33. The fraction of sp³-hybridized carbons (Fsp3) is 0.583. The van der Waals surface area contributed by atoms with Crippen molar-refractivity contribution in [3.63, 3.8) is 0 Å². The SMILES string of the molecule is COCC(=O)N1CCN(C(=O)Cn2ccc(N)n2)CC1. The van der Waals surface area contributed by atoms with Crippen molar-refractivity contribution in [2.75, 3.05) is 45.6 Å². The standard InChI is InChI=1S/C12H19N5O3/c1-20-9-12(19)16-6-4-15(5-7-16)11(18)8-17-3-2-10(13)14-17/h2-3H,4-9H2,1H3,(H2,13,14). The number of hydrogen-bond donors (Lipinski definition) is 1. The van der Waals surface area contributed by atoms with E-state index in [-0.39, 0.29) is 25.0 Å². The Morgan fingerprint density at radius 2 is 1.85 bits per heavy atom. The van der Waals surface area contributed by atoms with Gasteiger partial charge in [-0.25, -0.2) is 0 Å². The van der Waals surface area contributed by atoms with Gasteiger partial charge < -0.3 is 20.3 Å². The summed E-state index contributed by atoms with van der Waals surface area (Å²) in [6.45, 7) is 2.39. The summed E-state index contributed by atoms with van der Waals surface area (Å²) in [5.41, 5.74) is 5.50. The van der Waals surface area contributed by atoms with Crippen LogP contribution >= 0.6 is 0 Å². The van der Waals surface area contributed by atoms with Crippen molar-refractivity contribution in [3.8, 4) is 0 Å².